The highest BCUT2D eigenvalue weighted by Gasteiger charge is 2.37. The summed E-state index contributed by atoms with van der Waals surface area (Å²) < 4.78 is 11.1. The van der Waals surface area contributed by atoms with Crippen molar-refractivity contribution in [2.45, 2.75) is 19.1 Å². The summed E-state index contributed by atoms with van der Waals surface area (Å²) in [6.45, 7) is 2.17. The van der Waals surface area contributed by atoms with Gasteiger partial charge in [0.2, 0.25) is 5.91 Å². The first-order valence-corrected chi connectivity index (χ1v) is 9.10. The van der Waals surface area contributed by atoms with Crippen LogP contribution in [0.15, 0.2) is 42.5 Å². The van der Waals surface area contributed by atoms with Crippen LogP contribution in [0, 0.1) is 5.92 Å². The Kier molecular flexibility index (Phi) is 4.74. The van der Waals surface area contributed by atoms with Gasteiger partial charge in [0.25, 0.3) is 0 Å². The lowest BCUT2D eigenvalue weighted by atomic mass is 9.94. The number of nitrogens with zero attached hydrogens (tertiary/aromatic N) is 1. The van der Waals surface area contributed by atoms with Crippen molar-refractivity contribution in [3.05, 3.63) is 58.6 Å². The lowest BCUT2D eigenvalue weighted by Crippen LogP contribution is -2.29. The molecule has 0 aliphatic carbocycles. The van der Waals surface area contributed by atoms with Gasteiger partial charge in [-0.2, -0.15) is 0 Å². The summed E-state index contributed by atoms with van der Waals surface area (Å²) in [5.74, 6) is 0.831. The molecule has 6 heteroatoms. The van der Waals surface area contributed by atoms with E-state index in [1.165, 1.54) is 0 Å². The van der Waals surface area contributed by atoms with Gasteiger partial charge in [0.15, 0.2) is 11.5 Å². The lowest BCUT2D eigenvalue weighted by Gasteiger charge is -2.22. The van der Waals surface area contributed by atoms with E-state index in [2.05, 4.69) is 0 Å². The average molecular weight is 374 g/mol. The van der Waals surface area contributed by atoms with Crippen molar-refractivity contribution in [1.82, 2.24) is 4.90 Å². The fourth-order valence-corrected chi connectivity index (χ4v) is 3.63. The number of halogens is 1. The molecule has 0 bridgehead atoms. The lowest BCUT2D eigenvalue weighted by molar-refractivity contribution is -0.134. The minimum atomic E-state index is -0.853. The fourth-order valence-electron chi connectivity index (χ4n) is 3.50. The molecule has 2 aromatic carbocycles. The van der Waals surface area contributed by atoms with Gasteiger partial charge in [0.05, 0.1) is 12.0 Å². The predicted molar refractivity (Wildman–Crippen MR) is 97.4 cm³/mol. The zero-order chi connectivity index (χ0) is 18.1. The number of aliphatic hydroxyl groups is 1. The number of carbonyl (C=O) groups is 1. The molecule has 1 saturated heterocycles. The summed E-state index contributed by atoms with van der Waals surface area (Å²) in [6, 6.07) is 12.8. The van der Waals surface area contributed by atoms with Gasteiger partial charge in [0, 0.05) is 18.1 Å². The van der Waals surface area contributed by atoms with Crippen LogP contribution in [0.2, 0.25) is 5.02 Å². The minimum absolute atomic E-state index is 0.0256. The van der Waals surface area contributed by atoms with E-state index in [-0.39, 0.29) is 5.91 Å². The number of aliphatic hydroxyl groups excluding tert-OH is 1. The summed E-state index contributed by atoms with van der Waals surface area (Å²) in [5.41, 5.74) is 1.71. The molecule has 26 heavy (non-hydrogen) atoms. The molecule has 1 amide bonds. The zero-order valence-electron chi connectivity index (χ0n) is 14.2. The van der Waals surface area contributed by atoms with Gasteiger partial charge < -0.3 is 19.5 Å². The molecule has 1 fully saturated rings. The highest BCUT2D eigenvalue weighted by molar-refractivity contribution is 6.30. The van der Waals surface area contributed by atoms with Crippen molar-refractivity contribution in [1.29, 1.82) is 0 Å². The third-order valence-electron chi connectivity index (χ3n) is 4.91. The fraction of sp³-hybridized carbons (Fsp3) is 0.350. The number of likely N-dealkylation sites (tertiary alicyclic amines) is 1. The summed E-state index contributed by atoms with van der Waals surface area (Å²) in [5, 5.41) is 11.4. The van der Waals surface area contributed by atoms with Gasteiger partial charge in [-0.3, -0.25) is 4.79 Å². The van der Waals surface area contributed by atoms with Gasteiger partial charge in [-0.25, -0.2) is 0 Å². The van der Waals surface area contributed by atoms with Crippen molar-refractivity contribution in [3.63, 3.8) is 0 Å². The summed E-state index contributed by atoms with van der Waals surface area (Å²) in [4.78, 5) is 14.6. The Morgan fingerprint density at radius 1 is 1.12 bits per heavy atom. The van der Waals surface area contributed by atoms with Crippen LogP contribution in [0.4, 0.5) is 0 Å². The van der Waals surface area contributed by atoms with Gasteiger partial charge in [-0.05, 0) is 41.8 Å². The molecule has 0 aromatic heterocycles. The van der Waals surface area contributed by atoms with Gasteiger partial charge in [0.1, 0.15) is 13.2 Å². The SMILES string of the molecule is O=C1C(C(O)c2ccc3c(c2)OCCO3)CCN1Cc1ccc(Cl)cc1. The Morgan fingerprint density at radius 3 is 2.62 bits per heavy atom. The summed E-state index contributed by atoms with van der Waals surface area (Å²) in [7, 11) is 0. The largest absolute Gasteiger partial charge is 0.486 e. The topological polar surface area (TPSA) is 59.0 Å². The molecule has 2 aliphatic rings. The van der Waals surface area contributed by atoms with Crippen molar-refractivity contribution in [3.8, 4) is 11.5 Å². The number of carbonyl (C=O) groups excluding carboxylic acids is 1. The van der Waals surface area contributed by atoms with E-state index in [9.17, 15) is 9.90 Å². The number of amides is 1. The van der Waals surface area contributed by atoms with Crippen molar-refractivity contribution in [2.24, 2.45) is 5.92 Å². The van der Waals surface area contributed by atoms with Crippen molar-refractivity contribution < 1.29 is 19.4 Å². The molecule has 2 aromatic rings. The number of rotatable bonds is 4. The third-order valence-corrected chi connectivity index (χ3v) is 5.17. The highest BCUT2D eigenvalue weighted by atomic mass is 35.5. The second-order valence-electron chi connectivity index (χ2n) is 6.63. The molecule has 2 atom stereocenters. The van der Waals surface area contributed by atoms with E-state index >= 15 is 0 Å². The molecular formula is C20H20ClNO4. The molecule has 2 unspecified atom stereocenters. The molecule has 0 saturated carbocycles. The summed E-state index contributed by atoms with van der Waals surface area (Å²) in [6.07, 6.45) is -0.226. The molecule has 0 radical (unpaired) electrons. The Labute approximate surface area is 157 Å². The first-order valence-electron chi connectivity index (χ1n) is 8.72. The number of hydrogen-bond donors (Lipinski definition) is 1. The smallest absolute Gasteiger partial charge is 0.229 e. The zero-order valence-corrected chi connectivity index (χ0v) is 15.0. The Hall–Kier alpha value is -2.24. The van der Waals surface area contributed by atoms with E-state index in [0.29, 0.717) is 54.8 Å². The van der Waals surface area contributed by atoms with Crippen molar-refractivity contribution in [2.75, 3.05) is 19.8 Å². The molecular weight excluding hydrogens is 354 g/mol. The van der Waals surface area contributed by atoms with Crippen LogP contribution >= 0.6 is 11.6 Å². The van der Waals surface area contributed by atoms with E-state index in [1.54, 1.807) is 23.1 Å². The molecule has 0 spiro atoms. The first kappa shape index (κ1) is 17.2. The highest BCUT2D eigenvalue weighted by Crippen LogP contribution is 2.37. The molecule has 5 nitrogen and oxygen atoms in total. The molecule has 4 rings (SSSR count). The van der Waals surface area contributed by atoms with Crippen LogP contribution < -0.4 is 9.47 Å². The second kappa shape index (κ2) is 7.17. The quantitative estimate of drug-likeness (QED) is 0.894. The standard InChI is InChI=1S/C20H20ClNO4/c21-15-4-1-13(2-5-15)12-22-8-7-16(20(22)24)19(23)14-3-6-17-18(11-14)26-10-9-25-17/h1-6,11,16,19,23H,7-10,12H2. The van der Waals surface area contributed by atoms with Crippen LogP contribution in [0.25, 0.3) is 0 Å². The Balaban J connectivity index is 1.46. The monoisotopic (exact) mass is 373 g/mol. The Bertz CT molecular complexity index is 808. The maximum Gasteiger partial charge on any atom is 0.229 e. The molecule has 2 aliphatic heterocycles. The number of benzene rings is 2. The van der Waals surface area contributed by atoms with E-state index in [4.69, 9.17) is 21.1 Å². The van der Waals surface area contributed by atoms with Crippen LogP contribution in [0.5, 0.6) is 11.5 Å². The van der Waals surface area contributed by atoms with Gasteiger partial charge in [-0.15, -0.1) is 0 Å². The predicted octanol–water partition coefficient (Wildman–Crippen LogP) is 3.19. The first-order chi connectivity index (χ1) is 12.6. The van der Waals surface area contributed by atoms with E-state index < -0.39 is 12.0 Å². The molecule has 136 valence electrons. The second-order valence-corrected chi connectivity index (χ2v) is 7.07. The Morgan fingerprint density at radius 2 is 1.85 bits per heavy atom. The number of fused-ring (bicyclic) bond motifs is 1. The normalized spacial score (nSPS) is 20.3. The average Bonchev–Trinajstić information content (AvgIpc) is 3.03. The summed E-state index contributed by atoms with van der Waals surface area (Å²) >= 11 is 5.91. The number of hydrogen-bond acceptors (Lipinski definition) is 4. The van der Waals surface area contributed by atoms with Crippen LogP contribution in [0.1, 0.15) is 23.7 Å². The number of ether oxygens (including phenoxy) is 2. The van der Waals surface area contributed by atoms with E-state index in [0.717, 1.165) is 5.56 Å². The van der Waals surface area contributed by atoms with E-state index in [1.807, 2.05) is 24.3 Å². The molecule has 2 heterocycles. The van der Waals surface area contributed by atoms with Crippen molar-refractivity contribution >= 4 is 17.5 Å². The molecule has 1 N–H and O–H groups in total. The van der Waals surface area contributed by atoms with Gasteiger partial charge in [-0.1, -0.05) is 29.8 Å². The third kappa shape index (κ3) is 3.37. The van der Waals surface area contributed by atoms with Crippen LogP contribution in [-0.2, 0) is 11.3 Å². The maximum absolute atomic E-state index is 12.8. The van der Waals surface area contributed by atoms with Gasteiger partial charge >= 0.3 is 0 Å². The van der Waals surface area contributed by atoms with Crippen LogP contribution in [-0.4, -0.2) is 35.7 Å². The minimum Gasteiger partial charge on any atom is -0.486 e. The maximum atomic E-state index is 12.8. The van der Waals surface area contributed by atoms with Crippen LogP contribution in [0.3, 0.4) is 0 Å².